The van der Waals surface area contributed by atoms with E-state index in [1.165, 1.54) is 0 Å². The van der Waals surface area contributed by atoms with Crippen LogP contribution in [0.4, 0.5) is 0 Å². The molecule has 1 saturated heterocycles. The Labute approximate surface area is 380 Å². The Kier molecular flexibility index (Phi) is 17.3. The summed E-state index contributed by atoms with van der Waals surface area (Å²) in [7, 11) is 1.57. The van der Waals surface area contributed by atoms with Crippen LogP contribution in [0.15, 0.2) is 73.6 Å². The van der Waals surface area contributed by atoms with Gasteiger partial charge in [0, 0.05) is 38.4 Å². The van der Waals surface area contributed by atoms with E-state index in [9.17, 15) is 50.9 Å². The smallest absolute Gasteiger partial charge is 0.335 e. The van der Waals surface area contributed by atoms with E-state index in [4.69, 9.17) is 18.9 Å². The van der Waals surface area contributed by atoms with E-state index in [0.29, 0.717) is 37.7 Å². The molecule has 2 aromatic carbocycles. The van der Waals surface area contributed by atoms with Crippen molar-refractivity contribution >= 4 is 5.97 Å². The number of carboxylic acid groups (broad SMARTS) is 1. The molecule has 1 saturated carbocycles. The highest BCUT2D eigenvalue weighted by molar-refractivity contribution is 5.87. The summed E-state index contributed by atoms with van der Waals surface area (Å²) in [4.78, 5) is 11.3. The Bertz CT molecular complexity index is 2140. The summed E-state index contributed by atoms with van der Waals surface area (Å²) >= 11 is 0. The second kappa shape index (κ2) is 22.6. The number of benzene rings is 2. The summed E-state index contributed by atoms with van der Waals surface area (Å²) in [5, 5.41) is 99.0. The van der Waals surface area contributed by atoms with Gasteiger partial charge < -0.3 is 64.4 Å². The predicted octanol–water partition coefficient (Wildman–Crippen LogP) is 3.83. The minimum atomic E-state index is -2.31. The monoisotopic (exact) mass is 900 g/mol. The van der Waals surface area contributed by atoms with Crippen molar-refractivity contribution in [1.29, 1.82) is 5.26 Å². The summed E-state index contributed by atoms with van der Waals surface area (Å²) in [6.45, 7) is 3.77. The molecule has 65 heavy (non-hydrogen) atoms. The van der Waals surface area contributed by atoms with Gasteiger partial charge in [-0.3, -0.25) is 0 Å². The SMILES string of the molecule is C=CCc1ccc(OC2OC3C(CCCO)OC#CCC(O)C(CCC4(O)CCC(Cc5ccc(C(=O)O)cc5)C4)CC2(O)C(O)C3O)cc1CC(COC)C(CO)n1ccc(C#N)c1. The van der Waals surface area contributed by atoms with Crippen LogP contribution in [0.1, 0.15) is 96.4 Å². The van der Waals surface area contributed by atoms with E-state index in [0.717, 1.165) is 23.1 Å². The van der Waals surface area contributed by atoms with E-state index in [1.807, 2.05) is 6.07 Å². The molecule has 4 heterocycles. The van der Waals surface area contributed by atoms with Crippen LogP contribution in [0.3, 0.4) is 0 Å². The summed E-state index contributed by atoms with van der Waals surface area (Å²) in [5.41, 5.74) is -0.0613. The number of aliphatic hydroxyl groups excluding tert-OH is 5. The molecule has 0 radical (unpaired) electrons. The topological polar surface area (TPSA) is 245 Å². The van der Waals surface area contributed by atoms with Crippen LogP contribution >= 0.6 is 0 Å². The molecule has 7 rings (SSSR count). The number of fused-ring (bicyclic) bond motifs is 8. The van der Waals surface area contributed by atoms with E-state index in [2.05, 4.69) is 24.7 Å². The molecule has 352 valence electrons. The van der Waals surface area contributed by atoms with Crippen molar-refractivity contribution in [3.05, 3.63) is 101 Å². The molecular weight excluding hydrogens is 837 g/mol. The van der Waals surface area contributed by atoms with Crippen molar-refractivity contribution in [3.63, 3.8) is 0 Å². The molecule has 0 spiro atoms. The minimum Gasteiger partial charge on any atom is -0.478 e. The van der Waals surface area contributed by atoms with Gasteiger partial charge in [-0.15, -0.1) is 6.58 Å². The quantitative estimate of drug-likeness (QED) is 0.0594. The number of ether oxygens (including phenoxy) is 4. The number of aliphatic hydroxyl groups is 7. The fraction of sp³-hybridized carbons (Fsp3) is 0.560. The normalized spacial score (nSPS) is 29.8. The number of allylic oxidation sites excluding steroid dienone is 1. The standard InChI is InChI=1S/C50H64N2O13/c1-3-6-35-13-14-40(25-38(35)24-39(31-62-2)41(30-54)52-20-17-34(28-51)29-52)64-48-50(61)27-37(42(55)7-5-22-63-43(8-4-21-53)45(65-48)44(56)46(50)57)16-19-49(60)18-15-33(26-49)23-32-9-11-36(12-10-32)47(58)59/h3,9-14,17,20,25,29,33,37,39,41-46,48,53-57,60-61H,1,4,6-8,15-16,18-19,21,23-24,26-27,30-31H2,2H3,(H,58,59). The maximum absolute atomic E-state index is 12.7. The molecular formula is C50H64N2O13. The molecule has 0 amide bonds. The largest absolute Gasteiger partial charge is 0.478 e. The lowest BCUT2D eigenvalue weighted by Crippen LogP contribution is -2.70. The van der Waals surface area contributed by atoms with Crippen molar-refractivity contribution in [2.24, 2.45) is 17.8 Å². The van der Waals surface area contributed by atoms with Gasteiger partial charge in [-0.05, 0) is 129 Å². The van der Waals surface area contributed by atoms with Crippen molar-refractivity contribution in [2.75, 3.05) is 26.9 Å². The third-order valence-electron chi connectivity index (χ3n) is 13.6. The summed E-state index contributed by atoms with van der Waals surface area (Å²) < 4.78 is 26.3. The minimum absolute atomic E-state index is 0.0526. The van der Waals surface area contributed by atoms with Crippen LogP contribution < -0.4 is 4.74 Å². The molecule has 4 aliphatic rings. The number of carboxylic acids is 1. The van der Waals surface area contributed by atoms with Gasteiger partial charge in [-0.25, -0.2) is 4.79 Å². The first-order valence-electron chi connectivity index (χ1n) is 22.5. The number of methoxy groups -OCH3 is 1. The Morgan fingerprint density at radius 2 is 1.88 bits per heavy atom. The van der Waals surface area contributed by atoms with Crippen molar-refractivity contribution in [1.82, 2.24) is 4.57 Å². The zero-order valence-electron chi connectivity index (χ0n) is 37.0. The number of nitriles is 1. The fourth-order valence-electron chi connectivity index (χ4n) is 9.98. The highest BCUT2D eigenvalue weighted by atomic mass is 16.7. The number of carbonyl (C=O) groups is 1. The number of aromatic nitrogens is 1. The van der Waals surface area contributed by atoms with Crippen LogP contribution in [0, 0.1) is 41.1 Å². The maximum atomic E-state index is 12.7. The molecule has 1 aliphatic carbocycles. The third kappa shape index (κ3) is 12.2. The Hall–Kier alpha value is -4.78. The van der Waals surface area contributed by atoms with E-state index >= 15 is 0 Å². The van der Waals surface area contributed by atoms with Gasteiger partial charge in [0.05, 0.1) is 42.1 Å². The average molecular weight is 901 g/mol. The number of hydrogen-bond donors (Lipinski definition) is 8. The van der Waals surface area contributed by atoms with Gasteiger partial charge in [-0.2, -0.15) is 5.26 Å². The van der Waals surface area contributed by atoms with Crippen LogP contribution in [0.5, 0.6) is 5.75 Å². The lowest BCUT2D eigenvalue weighted by atomic mass is 9.74. The highest BCUT2D eigenvalue weighted by Gasteiger charge is 2.59. The molecule has 2 fully saturated rings. The zero-order valence-corrected chi connectivity index (χ0v) is 37.0. The molecule has 8 N–H and O–H groups in total. The van der Waals surface area contributed by atoms with Crippen molar-refractivity contribution in [2.45, 2.75) is 131 Å². The molecule has 3 aromatic rings. The Morgan fingerprint density at radius 3 is 2.55 bits per heavy atom. The molecule has 1 aromatic heterocycles. The first-order chi connectivity index (χ1) is 31.2. The molecule has 12 atom stereocenters. The summed E-state index contributed by atoms with van der Waals surface area (Å²) in [6.07, 6.45) is 3.04. The van der Waals surface area contributed by atoms with E-state index in [1.54, 1.807) is 72.6 Å². The number of rotatable bonds is 20. The number of aromatic carboxylic acids is 1. The molecule has 3 aliphatic heterocycles. The van der Waals surface area contributed by atoms with Crippen molar-refractivity contribution in [3.8, 4) is 23.8 Å². The fourth-order valence-corrected chi connectivity index (χ4v) is 9.98. The van der Waals surface area contributed by atoms with Gasteiger partial charge in [0.2, 0.25) is 6.29 Å². The van der Waals surface area contributed by atoms with Gasteiger partial charge in [-0.1, -0.05) is 30.2 Å². The third-order valence-corrected chi connectivity index (χ3v) is 13.6. The lowest BCUT2D eigenvalue weighted by Gasteiger charge is -2.50. The van der Waals surface area contributed by atoms with Gasteiger partial charge in [0.1, 0.15) is 42.3 Å². The summed E-state index contributed by atoms with van der Waals surface area (Å²) in [6, 6.07) is 15.4. The number of nitrogens with zero attached hydrogens (tertiary/aromatic N) is 2. The van der Waals surface area contributed by atoms with E-state index in [-0.39, 0.29) is 81.5 Å². The lowest BCUT2D eigenvalue weighted by molar-refractivity contribution is -0.333. The van der Waals surface area contributed by atoms with Gasteiger partial charge >= 0.3 is 5.97 Å². The predicted molar refractivity (Wildman–Crippen MR) is 237 cm³/mol. The van der Waals surface area contributed by atoms with Gasteiger partial charge in [0.25, 0.3) is 0 Å². The van der Waals surface area contributed by atoms with E-state index < -0.39 is 65.9 Å². The zero-order chi connectivity index (χ0) is 46.7. The Balaban J connectivity index is 1.28. The summed E-state index contributed by atoms with van der Waals surface area (Å²) in [5.74, 6) is 1.19. The van der Waals surface area contributed by atoms with Crippen LogP contribution in [0.25, 0.3) is 0 Å². The molecule has 15 heteroatoms. The Morgan fingerprint density at radius 1 is 1.09 bits per heavy atom. The van der Waals surface area contributed by atoms with Crippen LogP contribution in [-0.4, -0.2) is 126 Å². The maximum Gasteiger partial charge on any atom is 0.335 e. The number of hydrogen-bond acceptors (Lipinski definition) is 13. The first-order valence-corrected chi connectivity index (χ1v) is 22.5. The van der Waals surface area contributed by atoms with Gasteiger partial charge in [0.15, 0.2) is 5.60 Å². The highest BCUT2D eigenvalue weighted by Crippen LogP contribution is 2.44. The van der Waals surface area contributed by atoms with Crippen LogP contribution in [0.2, 0.25) is 0 Å². The molecule has 12 unspecified atom stereocenters. The average Bonchev–Trinajstić information content (AvgIpc) is 3.92. The van der Waals surface area contributed by atoms with Crippen molar-refractivity contribution < 1.29 is 64.6 Å². The second-order valence-electron chi connectivity index (χ2n) is 18.1. The first kappa shape index (κ1) is 49.6. The molecule has 15 nitrogen and oxygen atoms in total. The van der Waals surface area contributed by atoms with Crippen LogP contribution in [-0.2, 0) is 33.5 Å². The molecule has 2 bridgehead atoms. The second-order valence-corrected chi connectivity index (χ2v) is 18.1.